The highest BCUT2D eigenvalue weighted by atomic mass is 14.5. The van der Waals surface area contributed by atoms with Crippen molar-refractivity contribution in [2.75, 3.05) is 0 Å². The molecule has 0 spiro atoms. The van der Waals surface area contributed by atoms with E-state index >= 15 is 0 Å². The summed E-state index contributed by atoms with van der Waals surface area (Å²) in [6.07, 6.45) is 12.6. The van der Waals surface area contributed by atoms with Crippen LogP contribution in [-0.2, 0) is 0 Å². The molecule has 0 aromatic rings. The molecule has 3 saturated carbocycles. The molecule has 12 heavy (non-hydrogen) atoms. The molecule has 0 heteroatoms. The van der Waals surface area contributed by atoms with Crippen LogP contribution in [0.15, 0.2) is 0 Å². The van der Waals surface area contributed by atoms with Gasteiger partial charge in [0.25, 0.3) is 0 Å². The normalized spacial score (nSPS) is 46.5. The van der Waals surface area contributed by atoms with Crippen molar-refractivity contribution in [2.45, 2.75) is 51.4 Å². The Morgan fingerprint density at radius 3 is 2.33 bits per heavy atom. The average molecular weight is 164 g/mol. The third-order valence-electron chi connectivity index (χ3n) is 4.60. The summed E-state index contributed by atoms with van der Waals surface area (Å²) in [5.41, 5.74) is 0. The van der Waals surface area contributed by atoms with Crippen LogP contribution in [0.2, 0.25) is 0 Å². The Hall–Kier alpha value is 0. The van der Waals surface area contributed by atoms with Gasteiger partial charge < -0.3 is 0 Å². The van der Waals surface area contributed by atoms with Crippen molar-refractivity contribution in [3.05, 3.63) is 0 Å². The van der Waals surface area contributed by atoms with E-state index in [1.807, 2.05) is 0 Å². The van der Waals surface area contributed by atoms with Gasteiger partial charge in [-0.15, -0.1) is 0 Å². The highest BCUT2D eigenvalue weighted by Gasteiger charge is 2.47. The van der Waals surface area contributed by atoms with Gasteiger partial charge in [-0.05, 0) is 49.4 Å². The van der Waals surface area contributed by atoms with Crippen LogP contribution >= 0.6 is 0 Å². The minimum absolute atomic E-state index is 1.15. The van der Waals surface area contributed by atoms with Crippen LogP contribution in [0.25, 0.3) is 0 Å². The fraction of sp³-hybridized carbons (Fsp3) is 1.00. The maximum atomic E-state index is 1.61. The lowest BCUT2D eigenvalue weighted by Crippen LogP contribution is -2.05. The van der Waals surface area contributed by atoms with Crippen molar-refractivity contribution in [3.8, 4) is 0 Å². The number of fused-ring (bicyclic) bond motifs is 1. The maximum Gasteiger partial charge on any atom is -0.0354 e. The van der Waals surface area contributed by atoms with Crippen LogP contribution in [0.4, 0.5) is 0 Å². The Balaban J connectivity index is 1.53. The lowest BCUT2D eigenvalue weighted by Gasteiger charge is -2.16. The van der Waals surface area contributed by atoms with E-state index in [0.29, 0.717) is 0 Å². The first-order valence-corrected chi connectivity index (χ1v) is 5.93. The predicted molar refractivity (Wildman–Crippen MR) is 50.9 cm³/mol. The first kappa shape index (κ1) is 7.41. The topological polar surface area (TPSA) is 0 Å². The fourth-order valence-electron chi connectivity index (χ4n) is 3.79. The van der Waals surface area contributed by atoms with Crippen LogP contribution in [0.3, 0.4) is 0 Å². The van der Waals surface area contributed by atoms with E-state index in [1.54, 1.807) is 38.5 Å². The highest BCUT2D eigenvalue weighted by molar-refractivity contribution is 4.98. The number of hydrogen-bond acceptors (Lipinski definition) is 0. The first-order valence-electron chi connectivity index (χ1n) is 5.93. The molecule has 0 N–H and O–H groups in total. The van der Waals surface area contributed by atoms with Gasteiger partial charge >= 0.3 is 0 Å². The largest absolute Gasteiger partial charge is 0.0530 e. The van der Waals surface area contributed by atoms with Gasteiger partial charge in [-0.3, -0.25) is 0 Å². The molecule has 0 saturated heterocycles. The molecule has 0 aromatic heterocycles. The molecule has 0 aromatic carbocycles. The molecule has 3 rings (SSSR count). The quantitative estimate of drug-likeness (QED) is 0.585. The van der Waals surface area contributed by atoms with E-state index in [9.17, 15) is 0 Å². The summed E-state index contributed by atoms with van der Waals surface area (Å²) in [7, 11) is 0. The summed E-state index contributed by atoms with van der Waals surface area (Å²) in [5, 5.41) is 0. The average Bonchev–Trinajstić information content (AvgIpc) is 2.54. The molecular weight excluding hydrogens is 144 g/mol. The molecule has 2 unspecified atom stereocenters. The molecule has 3 aliphatic rings. The van der Waals surface area contributed by atoms with Gasteiger partial charge in [0.15, 0.2) is 0 Å². The Morgan fingerprint density at radius 2 is 1.75 bits per heavy atom. The standard InChI is InChI=1S/C12H20/c1-2-4-9(3-1)7-10-5-6-11-8-12(10)11/h9-12H,1-8H2/t10?,11-,12?/m0/s1. The smallest absolute Gasteiger partial charge is 0.0354 e. The Labute approximate surface area is 75.7 Å². The second kappa shape index (κ2) is 2.75. The fourth-order valence-corrected chi connectivity index (χ4v) is 3.79. The lowest BCUT2D eigenvalue weighted by molar-refractivity contribution is 0.350. The zero-order chi connectivity index (χ0) is 7.97. The molecule has 0 aliphatic heterocycles. The van der Waals surface area contributed by atoms with Crippen LogP contribution in [0.1, 0.15) is 51.4 Å². The second-order valence-corrected chi connectivity index (χ2v) is 5.38. The molecule has 0 bridgehead atoms. The van der Waals surface area contributed by atoms with E-state index < -0.39 is 0 Å². The molecule has 0 amide bonds. The third kappa shape index (κ3) is 1.20. The number of rotatable bonds is 2. The minimum Gasteiger partial charge on any atom is -0.0530 e. The van der Waals surface area contributed by atoms with Crippen molar-refractivity contribution in [1.82, 2.24) is 0 Å². The molecular formula is C12H20. The van der Waals surface area contributed by atoms with E-state index in [0.717, 1.165) is 5.92 Å². The van der Waals surface area contributed by atoms with Crippen molar-refractivity contribution in [1.29, 1.82) is 0 Å². The summed E-state index contributed by atoms with van der Waals surface area (Å²) in [5.74, 6) is 4.74. The van der Waals surface area contributed by atoms with E-state index in [2.05, 4.69) is 0 Å². The summed E-state index contributed by atoms with van der Waals surface area (Å²) < 4.78 is 0. The lowest BCUT2D eigenvalue weighted by atomic mass is 9.90. The van der Waals surface area contributed by atoms with E-state index in [1.165, 1.54) is 30.6 Å². The zero-order valence-corrected chi connectivity index (χ0v) is 7.97. The minimum atomic E-state index is 1.15. The van der Waals surface area contributed by atoms with Crippen molar-refractivity contribution in [2.24, 2.45) is 23.7 Å². The molecule has 0 radical (unpaired) electrons. The van der Waals surface area contributed by atoms with Gasteiger partial charge in [0, 0.05) is 0 Å². The third-order valence-corrected chi connectivity index (χ3v) is 4.60. The molecule has 68 valence electrons. The van der Waals surface area contributed by atoms with Gasteiger partial charge in [-0.2, -0.15) is 0 Å². The molecule has 0 heterocycles. The molecule has 3 fully saturated rings. The van der Waals surface area contributed by atoms with Crippen molar-refractivity contribution >= 4 is 0 Å². The zero-order valence-electron chi connectivity index (χ0n) is 7.97. The summed E-state index contributed by atoms with van der Waals surface area (Å²) in [6, 6.07) is 0. The van der Waals surface area contributed by atoms with Crippen LogP contribution < -0.4 is 0 Å². The van der Waals surface area contributed by atoms with Gasteiger partial charge in [0.05, 0.1) is 0 Å². The molecule has 0 nitrogen and oxygen atoms in total. The van der Waals surface area contributed by atoms with Gasteiger partial charge in [-0.1, -0.05) is 25.7 Å². The SMILES string of the molecule is C1CCC(CC2CC[C@H]3CC23)C1. The Bertz CT molecular complexity index is 167. The molecule has 3 atom stereocenters. The van der Waals surface area contributed by atoms with Gasteiger partial charge in [0.2, 0.25) is 0 Å². The monoisotopic (exact) mass is 164 g/mol. The molecule has 3 aliphatic carbocycles. The van der Waals surface area contributed by atoms with Crippen molar-refractivity contribution < 1.29 is 0 Å². The Kier molecular flexibility index (Phi) is 1.70. The van der Waals surface area contributed by atoms with Crippen LogP contribution in [-0.4, -0.2) is 0 Å². The van der Waals surface area contributed by atoms with Crippen LogP contribution in [0, 0.1) is 23.7 Å². The number of hydrogen-bond donors (Lipinski definition) is 0. The van der Waals surface area contributed by atoms with Crippen molar-refractivity contribution in [3.63, 3.8) is 0 Å². The van der Waals surface area contributed by atoms with E-state index in [-0.39, 0.29) is 0 Å². The van der Waals surface area contributed by atoms with Gasteiger partial charge in [-0.25, -0.2) is 0 Å². The Morgan fingerprint density at radius 1 is 0.917 bits per heavy atom. The summed E-state index contributed by atoms with van der Waals surface area (Å²) in [4.78, 5) is 0. The maximum absolute atomic E-state index is 1.61. The van der Waals surface area contributed by atoms with Gasteiger partial charge in [0.1, 0.15) is 0 Å². The highest BCUT2D eigenvalue weighted by Crippen LogP contribution is 2.57. The second-order valence-electron chi connectivity index (χ2n) is 5.38. The first-order chi connectivity index (χ1) is 5.93. The summed E-state index contributed by atoms with van der Waals surface area (Å²) in [6.45, 7) is 0. The summed E-state index contributed by atoms with van der Waals surface area (Å²) >= 11 is 0. The van der Waals surface area contributed by atoms with E-state index in [4.69, 9.17) is 0 Å². The van der Waals surface area contributed by atoms with Crippen LogP contribution in [0.5, 0.6) is 0 Å². The predicted octanol–water partition coefficient (Wildman–Crippen LogP) is 3.61.